The number of nitrogens with zero attached hydrogens (tertiary/aromatic N) is 2. The van der Waals surface area contributed by atoms with E-state index in [-0.39, 0.29) is 11.1 Å². The van der Waals surface area contributed by atoms with Crippen molar-refractivity contribution in [1.82, 2.24) is 4.57 Å². The van der Waals surface area contributed by atoms with Crippen molar-refractivity contribution >= 4 is 41.0 Å². The van der Waals surface area contributed by atoms with E-state index in [1.165, 1.54) is 29.9 Å². The first-order valence-corrected chi connectivity index (χ1v) is 11.1. The summed E-state index contributed by atoms with van der Waals surface area (Å²) in [5.41, 5.74) is 1.86. The highest BCUT2D eigenvalue weighted by atomic mass is 35.5. The first-order valence-electron chi connectivity index (χ1n) is 9.93. The molecule has 0 amide bonds. The lowest BCUT2D eigenvalue weighted by molar-refractivity contribution is -0.136. The monoisotopic (exact) mass is 482 g/mol. The molecule has 0 fully saturated rings. The van der Waals surface area contributed by atoms with Gasteiger partial charge in [0.25, 0.3) is 5.56 Å². The standard InChI is InChI=1S/C24H19ClN2O5S/c1-13-20(23(30)31-3)21(16-7-9-17(25)10-8-16)27-22(29)19(33-24(27)26-13)12-15-5-4-6-18(11-15)32-14(2)28/h4-12,21H,1-3H3/b19-12+. The Balaban J connectivity index is 1.91. The number of esters is 2. The maximum atomic E-state index is 13.5. The van der Waals surface area contributed by atoms with Crippen LogP contribution >= 0.6 is 22.9 Å². The molecule has 2 aromatic carbocycles. The molecule has 168 valence electrons. The van der Waals surface area contributed by atoms with Crippen LogP contribution < -0.4 is 19.6 Å². The molecule has 2 heterocycles. The van der Waals surface area contributed by atoms with E-state index < -0.39 is 18.0 Å². The van der Waals surface area contributed by atoms with Crippen LogP contribution in [0.25, 0.3) is 6.08 Å². The number of ether oxygens (including phenoxy) is 2. The molecular weight excluding hydrogens is 464 g/mol. The first-order chi connectivity index (χ1) is 15.8. The maximum Gasteiger partial charge on any atom is 0.338 e. The van der Waals surface area contributed by atoms with Crippen molar-refractivity contribution in [1.29, 1.82) is 0 Å². The maximum absolute atomic E-state index is 13.5. The predicted octanol–water partition coefficient (Wildman–Crippen LogP) is 2.99. The molecule has 0 saturated carbocycles. The van der Waals surface area contributed by atoms with Gasteiger partial charge in [-0.25, -0.2) is 9.79 Å². The Hall–Kier alpha value is -3.49. The van der Waals surface area contributed by atoms with Crippen LogP contribution in [-0.2, 0) is 14.3 Å². The first kappa shape index (κ1) is 22.7. The number of benzene rings is 2. The van der Waals surface area contributed by atoms with Gasteiger partial charge in [-0.3, -0.25) is 14.2 Å². The average Bonchev–Trinajstić information content (AvgIpc) is 3.07. The fourth-order valence-electron chi connectivity index (χ4n) is 3.64. The van der Waals surface area contributed by atoms with E-state index in [4.69, 9.17) is 21.1 Å². The Labute approximate surface area is 197 Å². The summed E-state index contributed by atoms with van der Waals surface area (Å²) in [5, 5.41) is 0.541. The topological polar surface area (TPSA) is 87.0 Å². The summed E-state index contributed by atoms with van der Waals surface area (Å²) in [6.45, 7) is 3.04. The molecule has 1 aliphatic rings. The fraction of sp³-hybridized carbons (Fsp3) is 0.167. The summed E-state index contributed by atoms with van der Waals surface area (Å²) in [6.07, 6.45) is 1.70. The normalized spacial score (nSPS) is 15.6. The van der Waals surface area contributed by atoms with Crippen molar-refractivity contribution < 1.29 is 19.1 Å². The molecule has 1 aromatic heterocycles. The van der Waals surface area contributed by atoms with Crippen LogP contribution in [0.5, 0.6) is 5.75 Å². The van der Waals surface area contributed by atoms with E-state index >= 15 is 0 Å². The molecule has 9 heteroatoms. The molecule has 33 heavy (non-hydrogen) atoms. The third-order valence-electron chi connectivity index (χ3n) is 5.03. The van der Waals surface area contributed by atoms with E-state index in [0.29, 0.717) is 36.9 Å². The number of allylic oxidation sites excluding steroid dienone is 1. The molecule has 0 aliphatic carbocycles. The number of carbonyl (C=O) groups excluding carboxylic acids is 2. The zero-order valence-electron chi connectivity index (χ0n) is 18.0. The summed E-state index contributed by atoms with van der Waals surface area (Å²) in [7, 11) is 1.29. The Kier molecular flexibility index (Phi) is 6.31. The van der Waals surface area contributed by atoms with Gasteiger partial charge in [-0.2, -0.15) is 0 Å². The number of halogens is 1. The second-order valence-corrected chi connectivity index (χ2v) is 8.74. The average molecular weight is 483 g/mol. The van der Waals surface area contributed by atoms with Crippen LogP contribution in [0, 0.1) is 0 Å². The molecular formula is C24H19ClN2O5S. The minimum atomic E-state index is -0.708. The van der Waals surface area contributed by atoms with Crippen molar-refractivity contribution in [3.05, 3.63) is 95.6 Å². The second-order valence-electron chi connectivity index (χ2n) is 7.29. The minimum Gasteiger partial charge on any atom is -0.466 e. The highest BCUT2D eigenvalue weighted by Crippen LogP contribution is 2.31. The third-order valence-corrected chi connectivity index (χ3v) is 6.27. The number of hydrogen-bond acceptors (Lipinski definition) is 7. The SMILES string of the molecule is COC(=O)C1=C(C)N=c2s/c(=C/c3cccc(OC(C)=O)c3)c(=O)n2C1c1ccc(Cl)cc1. The molecule has 7 nitrogen and oxygen atoms in total. The van der Waals surface area contributed by atoms with Crippen molar-refractivity contribution in [2.24, 2.45) is 4.99 Å². The van der Waals surface area contributed by atoms with Crippen LogP contribution in [0.1, 0.15) is 31.0 Å². The summed E-state index contributed by atoms with van der Waals surface area (Å²) in [6, 6.07) is 13.1. The van der Waals surface area contributed by atoms with Gasteiger partial charge in [0.1, 0.15) is 5.75 Å². The van der Waals surface area contributed by atoms with Gasteiger partial charge in [-0.1, -0.05) is 47.2 Å². The number of fused-ring (bicyclic) bond motifs is 1. The molecule has 1 atom stereocenters. The zero-order chi connectivity index (χ0) is 23.7. The fourth-order valence-corrected chi connectivity index (χ4v) is 4.81. The van der Waals surface area contributed by atoms with E-state index in [0.717, 1.165) is 0 Å². The second kappa shape index (κ2) is 9.17. The van der Waals surface area contributed by atoms with Crippen LogP contribution in [-0.4, -0.2) is 23.6 Å². The quantitative estimate of drug-likeness (QED) is 0.421. The summed E-state index contributed by atoms with van der Waals surface area (Å²) in [5.74, 6) is -0.605. The van der Waals surface area contributed by atoms with Gasteiger partial charge >= 0.3 is 11.9 Å². The van der Waals surface area contributed by atoms with Crippen molar-refractivity contribution in [3.63, 3.8) is 0 Å². The van der Waals surface area contributed by atoms with Gasteiger partial charge in [0.05, 0.1) is 29.0 Å². The summed E-state index contributed by atoms with van der Waals surface area (Å²) in [4.78, 5) is 42.4. The minimum absolute atomic E-state index is 0.288. The molecule has 3 aromatic rings. The van der Waals surface area contributed by atoms with Gasteiger partial charge < -0.3 is 9.47 Å². The van der Waals surface area contributed by atoms with Gasteiger partial charge in [0.15, 0.2) is 4.80 Å². The summed E-state index contributed by atoms with van der Waals surface area (Å²) >= 11 is 7.26. The van der Waals surface area contributed by atoms with E-state index in [1.54, 1.807) is 61.5 Å². The predicted molar refractivity (Wildman–Crippen MR) is 125 cm³/mol. The van der Waals surface area contributed by atoms with E-state index in [1.807, 2.05) is 0 Å². The van der Waals surface area contributed by atoms with Crippen LogP contribution in [0.15, 0.2) is 69.6 Å². The number of hydrogen-bond donors (Lipinski definition) is 0. The zero-order valence-corrected chi connectivity index (χ0v) is 19.6. The van der Waals surface area contributed by atoms with Crippen LogP contribution in [0.2, 0.25) is 5.02 Å². The molecule has 0 radical (unpaired) electrons. The van der Waals surface area contributed by atoms with Crippen molar-refractivity contribution in [3.8, 4) is 5.75 Å². The van der Waals surface area contributed by atoms with Gasteiger partial charge in [0, 0.05) is 11.9 Å². The Morgan fingerprint density at radius 2 is 1.91 bits per heavy atom. The molecule has 0 bridgehead atoms. The van der Waals surface area contributed by atoms with Gasteiger partial charge in [0.2, 0.25) is 0 Å². The lowest BCUT2D eigenvalue weighted by Gasteiger charge is -2.24. The lowest BCUT2D eigenvalue weighted by Crippen LogP contribution is -2.39. The molecule has 0 N–H and O–H groups in total. The molecule has 0 saturated heterocycles. The van der Waals surface area contributed by atoms with Crippen molar-refractivity contribution in [2.45, 2.75) is 19.9 Å². The lowest BCUT2D eigenvalue weighted by atomic mass is 9.96. The largest absolute Gasteiger partial charge is 0.466 e. The highest BCUT2D eigenvalue weighted by molar-refractivity contribution is 7.07. The van der Waals surface area contributed by atoms with Gasteiger partial charge in [-0.15, -0.1) is 0 Å². The smallest absolute Gasteiger partial charge is 0.338 e. The highest BCUT2D eigenvalue weighted by Gasteiger charge is 2.33. The van der Waals surface area contributed by atoms with Gasteiger partial charge in [-0.05, 0) is 48.4 Å². The molecule has 1 aliphatic heterocycles. The third kappa shape index (κ3) is 4.53. The molecule has 1 unspecified atom stereocenters. The number of thiazole rings is 1. The van der Waals surface area contributed by atoms with E-state index in [2.05, 4.69) is 4.99 Å². The van der Waals surface area contributed by atoms with E-state index in [9.17, 15) is 14.4 Å². The van der Waals surface area contributed by atoms with Crippen molar-refractivity contribution in [2.75, 3.05) is 7.11 Å². The molecule has 0 spiro atoms. The number of aromatic nitrogens is 1. The Morgan fingerprint density at radius 1 is 1.18 bits per heavy atom. The number of methoxy groups -OCH3 is 1. The van der Waals surface area contributed by atoms with Crippen LogP contribution in [0.3, 0.4) is 0 Å². The number of rotatable bonds is 4. The Bertz CT molecular complexity index is 1470. The Morgan fingerprint density at radius 3 is 2.58 bits per heavy atom. The summed E-state index contributed by atoms with van der Waals surface area (Å²) < 4.78 is 12.0. The number of carbonyl (C=O) groups is 2. The molecule has 4 rings (SSSR count). The van der Waals surface area contributed by atoms with Crippen LogP contribution in [0.4, 0.5) is 0 Å².